The van der Waals surface area contributed by atoms with E-state index in [4.69, 9.17) is 76.6 Å². The molecule has 0 aromatic heterocycles. The minimum atomic E-state index is -1.75. The summed E-state index contributed by atoms with van der Waals surface area (Å²) in [4.78, 5) is 41.2. The fourth-order valence-electron chi connectivity index (χ4n) is 0. The van der Waals surface area contributed by atoms with Crippen LogP contribution >= 0.6 is 0 Å². The first-order valence-corrected chi connectivity index (χ1v) is 2.74. The first-order valence-electron chi connectivity index (χ1n) is 2.74. The molecule has 21 heteroatoms. The fraction of sp³-hybridized carbons (Fsp3) is 0. The molecule has 0 heterocycles. The van der Waals surface area contributed by atoms with Gasteiger partial charge < -0.3 is 76.6 Å². The summed E-state index contributed by atoms with van der Waals surface area (Å²) in [7, 11) is 0. The van der Waals surface area contributed by atoms with Crippen LogP contribution in [0.2, 0.25) is 0 Å². The van der Waals surface area contributed by atoms with Crippen molar-refractivity contribution in [3.05, 3.63) is 84.0 Å². The molecule has 0 bridgehead atoms. The van der Waals surface area contributed by atoms with Gasteiger partial charge in [0.05, 0.1) is 25.4 Å². The van der Waals surface area contributed by atoms with E-state index >= 15 is 0 Å². The van der Waals surface area contributed by atoms with Crippen LogP contribution in [0.4, 0.5) is 0 Å². The van der Waals surface area contributed by atoms with Crippen LogP contribution in [0, 0.1) is 84.0 Å². The van der Waals surface area contributed by atoms with Gasteiger partial charge in [0.15, 0.2) is 0 Å². The molecular formula is CAgN5O15. The predicted octanol–water partition coefficient (Wildman–Crippen LogP) is -1.12. The molecular weight excluding hydrogens is 430 g/mol. The molecule has 0 fully saturated rings. The maximum absolute atomic E-state index is 8.25. The molecule has 0 amide bonds. The molecule has 0 radical (unpaired) electrons. The molecule has 0 rings (SSSR count). The largest absolute Gasteiger partial charge is 4.00 e. The van der Waals surface area contributed by atoms with Gasteiger partial charge in [-0.3, -0.25) is 0 Å². The van der Waals surface area contributed by atoms with Gasteiger partial charge in [0.25, 0.3) is 0 Å². The Labute approximate surface area is 132 Å². The third-order valence-electron chi connectivity index (χ3n) is 0. The van der Waals surface area contributed by atoms with Crippen LogP contribution in [-0.2, 0) is 22.4 Å². The number of hydrogen-bond acceptors (Lipinski definition) is 15. The van der Waals surface area contributed by atoms with E-state index in [-0.39, 0.29) is 29.8 Å². The summed E-state index contributed by atoms with van der Waals surface area (Å²) < 4.78 is 0. The van der Waals surface area contributed by atoms with Crippen LogP contribution < -0.4 is 0 Å². The van der Waals surface area contributed by atoms with E-state index in [1.54, 1.807) is 0 Å². The van der Waals surface area contributed by atoms with Gasteiger partial charge in [-0.05, 0) is 0 Å². The third kappa shape index (κ3) is 390. The van der Waals surface area contributed by atoms with E-state index in [0.29, 0.717) is 0 Å². The second-order valence-electron chi connectivity index (χ2n) is 1.12. The van der Waals surface area contributed by atoms with Gasteiger partial charge in [-0.25, -0.2) is 0 Å². The summed E-state index contributed by atoms with van der Waals surface area (Å²) in [5.74, 6) is 0. The average Bonchev–Trinajstić information content (AvgIpc) is 1.94. The fourth-order valence-corrected chi connectivity index (χ4v) is 0. The molecule has 0 aliphatic heterocycles. The van der Waals surface area contributed by atoms with Crippen molar-refractivity contribution in [2.75, 3.05) is 0 Å². The molecule has 0 saturated carbocycles. The molecule has 0 saturated heterocycles. The minimum Gasteiger partial charge on any atom is -0.356 e. The molecule has 0 N–H and O–H groups in total. The quantitative estimate of drug-likeness (QED) is 0.249. The standard InChI is InChI=1S/C.Ag.5NO3/c;;5*2-1(3)4/q+4;+1;5*-1. The number of nitrogens with zero attached hydrogens (tertiary/aromatic N) is 5. The van der Waals surface area contributed by atoms with Crippen LogP contribution in [0.1, 0.15) is 0 Å². The monoisotopic (exact) mass is 429 g/mol. The van der Waals surface area contributed by atoms with Crippen molar-refractivity contribution in [2.45, 2.75) is 0 Å². The summed E-state index contributed by atoms with van der Waals surface area (Å²) in [6.45, 7) is 0. The van der Waals surface area contributed by atoms with Crippen molar-refractivity contribution in [2.24, 2.45) is 0 Å². The zero-order valence-corrected chi connectivity index (χ0v) is 10.6. The maximum atomic E-state index is 8.25. The first kappa shape index (κ1) is 42.8. The van der Waals surface area contributed by atoms with Crippen molar-refractivity contribution in [3.63, 3.8) is 0 Å². The molecule has 0 aliphatic carbocycles. The van der Waals surface area contributed by atoms with Crippen LogP contribution in [-0.4, -0.2) is 25.4 Å². The summed E-state index contributed by atoms with van der Waals surface area (Å²) in [6.07, 6.45) is 0. The summed E-state index contributed by atoms with van der Waals surface area (Å²) in [5, 5.41) is 73.8. The normalized spacial score (nSPS) is 5.45. The van der Waals surface area contributed by atoms with Crippen LogP contribution in [0.3, 0.4) is 0 Å². The Morgan fingerprint density at radius 2 is 0.364 bits per heavy atom. The molecule has 0 atom stereocenters. The summed E-state index contributed by atoms with van der Waals surface area (Å²) >= 11 is 0. The van der Waals surface area contributed by atoms with Crippen LogP contribution in [0.5, 0.6) is 0 Å². The van der Waals surface area contributed by atoms with Gasteiger partial charge in [0.1, 0.15) is 0 Å². The predicted molar refractivity (Wildman–Crippen MR) is 55.0 cm³/mol. The summed E-state index contributed by atoms with van der Waals surface area (Å²) in [6, 6.07) is 0. The smallest absolute Gasteiger partial charge is 0.356 e. The number of rotatable bonds is 0. The zero-order chi connectivity index (χ0) is 17.9. The second-order valence-corrected chi connectivity index (χ2v) is 1.12. The van der Waals surface area contributed by atoms with E-state index in [1.165, 1.54) is 0 Å². The summed E-state index contributed by atoms with van der Waals surface area (Å²) in [5.41, 5.74) is 0. The first-order chi connectivity index (χ1) is 8.66. The van der Waals surface area contributed by atoms with Gasteiger partial charge in [0.2, 0.25) is 0 Å². The average molecular weight is 430 g/mol. The molecule has 130 valence electrons. The molecule has 0 spiro atoms. The Kier molecular flexibility index (Phi) is 70.2. The van der Waals surface area contributed by atoms with E-state index in [9.17, 15) is 0 Å². The Morgan fingerprint density at radius 1 is 0.364 bits per heavy atom. The van der Waals surface area contributed by atoms with Crippen molar-refractivity contribution >= 4 is 0 Å². The van der Waals surface area contributed by atoms with Gasteiger partial charge in [0, 0.05) is 0 Å². The minimum absolute atomic E-state index is 0. The topological polar surface area (TPSA) is 331 Å². The Hall–Kier alpha value is -3.26. The van der Waals surface area contributed by atoms with Crippen LogP contribution in [0.25, 0.3) is 0 Å². The van der Waals surface area contributed by atoms with E-state index in [0.717, 1.165) is 0 Å². The third-order valence-corrected chi connectivity index (χ3v) is 0. The van der Waals surface area contributed by atoms with Gasteiger partial charge in [-0.15, -0.1) is 0 Å². The SMILES string of the molecule is O=[N+]([O-])[O-].O=[N+]([O-])[O-].O=[N+]([O-])[O-].O=[N+]([O-])[O-].O=[N+]([O-])[O-].[Ag+].[C+4]. The maximum Gasteiger partial charge on any atom is 4.00 e. The molecule has 0 aliphatic rings. The molecule has 20 nitrogen and oxygen atoms in total. The van der Waals surface area contributed by atoms with E-state index < -0.39 is 25.4 Å². The van der Waals surface area contributed by atoms with Crippen molar-refractivity contribution in [1.29, 1.82) is 0 Å². The number of hydrogen-bond donors (Lipinski definition) is 0. The van der Waals surface area contributed by atoms with Gasteiger partial charge >= 0.3 is 29.8 Å². The van der Waals surface area contributed by atoms with E-state index in [2.05, 4.69) is 0 Å². The zero-order valence-electron chi connectivity index (χ0n) is 9.16. The molecule has 22 heavy (non-hydrogen) atoms. The molecule has 0 aromatic carbocycles. The van der Waals surface area contributed by atoms with Gasteiger partial charge in [-0.1, -0.05) is 0 Å². The second kappa shape index (κ2) is 36.1. The van der Waals surface area contributed by atoms with Crippen LogP contribution in [0.15, 0.2) is 0 Å². The van der Waals surface area contributed by atoms with Crippen molar-refractivity contribution in [3.8, 4) is 0 Å². The Balaban J connectivity index is -0.0000000250. The van der Waals surface area contributed by atoms with E-state index in [1.807, 2.05) is 0 Å². The van der Waals surface area contributed by atoms with Crippen molar-refractivity contribution < 1.29 is 47.8 Å². The Morgan fingerprint density at radius 3 is 0.364 bits per heavy atom. The Bertz CT molecular complexity index is 213. The van der Waals surface area contributed by atoms with Crippen molar-refractivity contribution in [1.82, 2.24) is 0 Å². The molecule has 0 aromatic rings. The molecule has 0 unspecified atom stereocenters. The van der Waals surface area contributed by atoms with Gasteiger partial charge in [-0.2, -0.15) is 0 Å².